The molecule has 2 fully saturated rings. The van der Waals surface area contributed by atoms with E-state index >= 15 is 0 Å². The van der Waals surface area contributed by atoms with E-state index < -0.39 is 0 Å². The Labute approximate surface area is 123 Å². The van der Waals surface area contributed by atoms with Gasteiger partial charge in [0, 0.05) is 17.4 Å². The Bertz CT molecular complexity index is 646. The van der Waals surface area contributed by atoms with Crippen LogP contribution in [0.5, 0.6) is 0 Å². The van der Waals surface area contributed by atoms with Crippen LogP contribution in [0.1, 0.15) is 30.4 Å². The first kappa shape index (κ1) is 13.8. The monoisotopic (exact) mass is 283 g/mol. The van der Waals surface area contributed by atoms with E-state index in [1.165, 1.54) is 4.90 Å². The third-order valence-electron chi connectivity index (χ3n) is 4.35. The van der Waals surface area contributed by atoms with Crippen molar-refractivity contribution >= 4 is 17.5 Å². The summed E-state index contributed by atoms with van der Waals surface area (Å²) in [6.45, 7) is 1.70. The van der Waals surface area contributed by atoms with Gasteiger partial charge in [0.05, 0.1) is 5.69 Å². The molecule has 1 aliphatic heterocycles. The minimum absolute atomic E-state index is 0.0130. The maximum Gasteiger partial charge on any atom is 0.236 e. The van der Waals surface area contributed by atoms with Crippen molar-refractivity contribution in [3.05, 3.63) is 29.3 Å². The summed E-state index contributed by atoms with van der Waals surface area (Å²) >= 11 is 0. The molecule has 1 saturated carbocycles. The predicted octanol–water partition coefficient (Wildman–Crippen LogP) is 1.63. The Morgan fingerprint density at radius 3 is 2.52 bits per heavy atom. The summed E-state index contributed by atoms with van der Waals surface area (Å²) in [4.78, 5) is 26.2. The van der Waals surface area contributed by atoms with Crippen molar-refractivity contribution in [2.75, 3.05) is 11.5 Å². The van der Waals surface area contributed by atoms with Crippen LogP contribution in [0.15, 0.2) is 18.2 Å². The number of aryl methyl sites for hydroxylation is 1. The minimum atomic E-state index is -0.213. The van der Waals surface area contributed by atoms with E-state index in [9.17, 15) is 9.59 Å². The van der Waals surface area contributed by atoms with Crippen molar-refractivity contribution in [3.63, 3.8) is 0 Å². The lowest BCUT2D eigenvalue weighted by Gasteiger charge is -2.29. The first-order valence-corrected chi connectivity index (χ1v) is 7.20. The summed E-state index contributed by atoms with van der Waals surface area (Å²) in [7, 11) is 0. The van der Waals surface area contributed by atoms with Gasteiger partial charge in [0.25, 0.3) is 0 Å². The van der Waals surface area contributed by atoms with Crippen molar-refractivity contribution < 1.29 is 14.7 Å². The van der Waals surface area contributed by atoms with Crippen molar-refractivity contribution in [3.8, 4) is 11.8 Å². The number of hydrogen-bond acceptors (Lipinski definition) is 3. The largest absolute Gasteiger partial charge is 0.384 e. The second-order valence-corrected chi connectivity index (χ2v) is 5.68. The average molecular weight is 283 g/mol. The van der Waals surface area contributed by atoms with Gasteiger partial charge < -0.3 is 5.11 Å². The van der Waals surface area contributed by atoms with Crippen LogP contribution in [-0.4, -0.2) is 23.5 Å². The van der Waals surface area contributed by atoms with Gasteiger partial charge in [-0.25, -0.2) is 0 Å². The summed E-state index contributed by atoms with van der Waals surface area (Å²) in [5.74, 6) is 5.27. The van der Waals surface area contributed by atoms with Crippen LogP contribution in [0.25, 0.3) is 0 Å². The molecule has 1 aromatic rings. The fourth-order valence-corrected chi connectivity index (χ4v) is 3.18. The first-order chi connectivity index (χ1) is 10.1. The molecule has 1 aromatic carbocycles. The van der Waals surface area contributed by atoms with E-state index in [0.717, 1.165) is 24.0 Å². The zero-order chi connectivity index (χ0) is 15.0. The fraction of sp³-hybridized carbons (Fsp3) is 0.412. The number of anilines is 1. The molecular formula is C17H17NO3. The molecule has 0 spiro atoms. The summed E-state index contributed by atoms with van der Waals surface area (Å²) in [5.41, 5.74) is 2.29. The Balaban J connectivity index is 2.00. The number of piperidine rings is 1. The molecule has 3 rings (SSSR count). The van der Waals surface area contributed by atoms with Gasteiger partial charge in [-0.05, 0) is 43.9 Å². The predicted molar refractivity (Wildman–Crippen MR) is 78.5 cm³/mol. The molecule has 108 valence electrons. The molecule has 1 saturated heterocycles. The topological polar surface area (TPSA) is 57.6 Å². The summed E-state index contributed by atoms with van der Waals surface area (Å²) in [6, 6.07) is 5.41. The molecule has 1 N–H and O–H groups in total. The summed E-state index contributed by atoms with van der Waals surface area (Å²) in [5, 5.41) is 8.81. The van der Waals surface area contributed by atoms with Crippen molar-refractivity contribution in [2.24, 2.45) is 11.8 Å². The number of nitrogens with zero attached hydrogens (tertiary/aromatic N) is 1. The van der Waals surface area contributed by atoms with Gasteiger partial charge in [-0.3, -0.25) is 14.5 Å². The van der Waals surface area contributed by atoms with Gasteiger partial charge in [-0.2, -0.15) is 0 Å². The lowest BCUT2D eigenvalue weighted by atomic mass is 9.96. The lowest BCUT2D eigenvalue weighted by Crippen LogP contribution is -2.46. The molecule has 0 aromatic heterocycles. The van der Waals surface area contributed by atoms with Crippen molar-refractivity contribution in [1.82, 2.24) is 0 Å². The Morgan fingerprint density at radius 2 is 1.90 bits per heavy atom. The Morgan fingerprint density at radius 1 is 1.24 bits per heavy atom. The molecule has 2 unspecified atom stereocenters. The number of benzene rings is 1. The number of amides is 2. The number of carbonyl (C=O) groups is 2. The number of aliphatic hydroxyl groups excluding tert-OH is 1. The molecule has 1 heterocycles. The summed E-state index contributed by atoms with van der Waals surface area (Å²) < 4.78 is 0. The highest BCUT2D eigenvalue weighted by atomic mass is 16.2. The van der Waals surface area contributed by atoms with Crippen molar-refractivity contribution in [1.29, 1.82) is 0 Å². The number of imide groups is 1. The maximum absolute atomic E-state index is 12.4. The standard InChI is InChI=1S/C17H17NO3/c1-11-4-7-15(10-12(11)3-2-8-19)18-16(20)13-5-6-14(9-13)17(18)21/h4,7,10,13-14,19H,5-6,8-9H2,1H3. The minimum Gasteiger partial charge on any atom is -0.384 e. The van der Waals surface area contributed by atoms with Gasteiger partial charge in [0.2, 0.25) is 11.8 Å². The lowest BCUT2D eigenvalue weighted by molar-refractivity contribution is -0.132. The van der Waals surface area contributed by atoms with E-state index in [1.54, 1.807) is 12.1 Å². The number of aliphatic hydroxyl groups is 1. The van der Waals surface area contributed by atoms with Crippen LogP contribution in [-0.2, 0) is 9.59 Å². The first-order valence-electron chi connectivity index (χ1n) is 7.20. The van der Waals surface area contributed by atoms with Crippen LogP contribution >= 0.6 is 0 Å². The number of hydrogen-bond donors (Lipinski definition) is 1. The number of rotatable bonds is 1. The average Bonchev–Trinajstić information content (AvgIpc) is 2.93. The van der Waals surface area contributed by atoms with Gasteiger partial charge >= 0.3 is 0 Å². The molecule has 2 atom stereocenters. The van der Waals surface area contributed by atoms with E-state index in [1.807, 2.05) is 13.0 Å². The third-order valence-corrected chi connectivity index (χ3v) is 4.35. The Kier molecular flexibility index (Phi) is 3.52. The fourth-order valence-electron chi connectivity index (χ4n) is 3.18. The smallest absolute Gasteiger partial charge is 0.236 e. The van der Waals surface area contributed by atoms with Crippen LogP contribution in [0.3, 0.4) is 0 Å². The second kappa shape index (κ2) is 5.34. The highest BCUT2D eigenvalue weighted by Gasteiger charge is 2.45. The summed E-state index contributed by atoms with van der Waals surface area (Å²) in [6.07, 6.45) is 2.33. The van der Waals surface area contributed by atoms with Gasteiger partial charge in [-0.15, -0.1) is 0 Å². The van der Waals surface area contributed by atoms with E-state index in [0.29, 0.717) is 12.1 Å². The molecule has 0 radical (unpaired) electrons. The van der Waals surface area contributed by atoms with Gasteiger partial charge in [0.1, 0.15) is 6.61 Å². The zero-order valence-electron chi connectivity index (χ0n) is 11.9. The Hall–Kier alpha value is -2.12. The van der Waals surface area contributed by atoms with Crippen LogP contribution in [0.2, 0.25) is 0 Å². The van der Waals surface area contributed by atoms with E-state index in [-0.39, 0.29) is 30.3 Å². The van der Waals surface area contributed by atoms with Crippen LogP contribution in [0, 0.1) is 30.6 Å². The normalized spacial score (nSPS) is 24.0. The molecule has 2 aliphatic rings. The number of fused-ring (bicyclic) bond motifs is 2. The molecule has 21 heavy (non-hydrogen) atoms. The van der Waals surface area contributed by atoms with Gasteiger partial charge in [0.15, 0.2) is 0 Å². The SMILES string of the molecule is Cc1ccc(N2C(=O)C3CCC(C3)C2=O)cc1C#CCO. The molecular weight excluding hydrogens is 266 g/mol. The molecule has 2 amide bonds. The maximum atomic E-state index is 12.4. The molecule has 1 aliphatic carbocycles. The highest BCUT2D eigenvalue weighted by molar-refractivity contribution is 6.18. The van der Waals surface area contributed by atoms with Crippen LogP contribution < -0.4 is 4.90 Å². The van der Waals surface area contributed by atoms with E-state index in [2.05, 4.69) is 11.8 Å². The molecule has 4 nitrogen and oxygen atoms in total. The van der Waals surface area contributed by atoms with Crippen LogP contribution in [0.4, 0.5) is 5.69 Å². The third kappa shape index (κ3) is 2.34. The van der Waals surface area contributed by atoms with Crippen molar-refractivity contribution in [2.45, 2.75) is 26.2 Å². The molecule has 4 heteroatoms. The molecule has 2 bridgehead atoms. The highest BCUT2D eigenvalue weighted by Crippen LogP contribution is 2.40. The quantitative estimate of drug-likeness (QED) is 0.629. The number of carbonyl (C=O) groups excluding carboxylic acids is 2. The van der Waals surface area contributed by atoms with Gasteiger partial charge in [-0.1, -0.05) is 17.9 Å². The van der Waals surface area contributed by atoms with E-state index in [4.69, 9.17) is 5.11 Å². The second-order valence-electron chi connectivity index (χ2n) is 5.68. The zero-order valence-corrected chi connectivity index (χ0v) is 11.9.